The van der Waals surface area contributed by atoms with E-state index in [9.17, 15) is 9.59 Å². The van der Waals surface area contributed by atoms with Crippen LogP contribution in [0.3, 0.4) is 0 Å². The highest BCUT2D eigenvalue weighted by Crippen LogP contribution is 2.62. The zero-order valence-electron chi connectivity index (χ0n) is 11.2. The molecular weight excluding hydrogens is 276 g/mol. The van der Waals surface area contributed by atoms with Crippen LogP contribution in [0.15, 0.2) is 5.38 Å². The topological polar surface area (TPSA) is 79.3 Å². The molecule has 108 valence electrons. The van der Waals surface area contributed by atoms with Crippen molar-refractivity contribution in [1.82, 2.24) is 10.3 Å². The van der Waals surface area contributed by atoms with Crippen molar-refractivity contribution in [3.8, 4) is 0 Å². The Labute approximate surface area is 121 Å². The number of nitrogens with zero attached hydrogens (tertiary/aromatic N) is 1. The summed E-state index contributed by atoms with van der Waals surface area (Å²) >= 11 is 1.33. The molecule has 5 nitrogen and oxygen atoms in total. The van der Waals surface area contributed by atoms with E-state index in [1.165, 1.54) is 42.4 Å². The molecule has 1 amide bonds. The van der Waals surface area contributed by atoms with E-state index in [2.05, 4.69) is 10.3 Å². The number of hydrogen-bond acceptors (Lipinski definition) is 4. The molecule has 0 bridgehead atoms. The van der Waals surface area contributed by atoms with Gasteiger partial charge in [-0.2, -0.15) is 0 Å². The van der Waals surface area contributed by atoms with Gasteiger partial charge in [-0.05, 0) is 24.7 Å². The number of carboxylic acids is 1. The Morgan fingerprint density at radius 1 is 1.45 bits per heavy atom. The summed E-state index contributed by atoms with van der Waals surface area (Å²) in [5.74, 6) is -0.615. The molecule has 3 rings (SSSR count). The number of aromatic nitrogens is 1. The molecule has 2 fully saturated rings. The van der Waals surface area contributed by atoms with E-state index in [0.717, 1.165) is 11.4 Å². The number of thiazole rings is 1. The molecule has 1 aromatic rings. The quantitative estimate of drug-likeness (QED) is 0.871. The molecule has 2 aliphatic carbocycles. The lowest BCUT2D eigenvalue weighted by Gasteiger charge is -2.08. The zero-order chi connectivity index (χ0) is 14.2. The number of carbonyl (C=O) groups is 2. The summed E-state index contributed by atoms with van der Waals surface area (Å²) in [6, 6.07) is 0. The maximum absolute atomic E-state index is 12.0. The third kappa shape index (κ3) is 2.57. The Hall–Kier alpha value is -1.43. The molecule has 0 saturated heterocycles. The van der Waals surface area contributed by atoms with E-state index in [1.807, 2.05) is 0 Å². The first-order valence-electron chi connectivity index (χ1n) is 7.06. The average Bonchev–Trinajstić information content (AvgIpc) is 2.79. The summed E-state index contributed by atoms with van der Waals surface area (Å²) in [6.07, 6.45) is 6.60. The van der Waals surface area contributed by atoms with Gasteiger partial charge in [0.25, 0.3) is 0 Å². The summed E-state index contributed by atoms with van der Waals surface area (Å²) in [7, 11) is 0. The van der Waals surface area contributed by atoms with Crippen LogP contribution in [0.5, 0.6) is 0 Å². The van der Waals surface area contributed by atoms with Crippen LogP contribution in [-0.2, 0) is 11.2 Å². The Morgan fingerprint density at radius 3 is 2.85 bits per heavy atom. The Morgan fingerprint density at radius 2 is 2.20 bits per heavy atom. The predicted octanol–water partition coefficient (Wildman–Crippen LogP) is 2.08. The number of rotatable bonds is 5. The number of aromatic carboxylic acids is 1. The lowest BCUT2D eigenvalue weighted by molar-refractivity contribution is -0.123. The minimum absolute atomic E-state index is 0.0865. The van der Waals surface area contributed by atoms with E-state index in [1.54, 1.807) is 0 Å². The van der Waals surface area contributed by atoms with Crippen LogP contribution >= 0.6 is 11.3 Å². The molecule has 6 heteroatoms. The number of nitrogens with one attached hydrogen (secondary N) is 1. The normalized spacial score (nSPS) is 22.9. The largest absolute Gasteiger partial charge is 0.476 e. The fraction of sp³-hybridized carbons (Fsp3) is 0.643. The lowest BCUT2D eigenvalue weighted by atomic mass is 10.0. The van der Waals surface area contributed by atoms with Gasteiger partial charge in [0.2, 0.25) is 5.91 Å². The minimum atomic E-state index is -1.00. The summed E-state index contributed by atoms with van der Waals surface area (Å²) < 4.78 is 0. The maximum atomic E-state index is 12.0. The van der Waals surface area contributed by atoms with Gasteiger partial charge in [-0.25, -0.2) is 9.78 Å². The number of hydrogen-bond donors (Lipinski definition) is 2. The highest BCUT2D eigenvalue weighted by Gasteiger charge is 2.58. The molecule has 0 aliphatic heterocycles. The fourth-order valence-electron chi connectivity index (χ4n) is 3.29. The van der Waals surface area contributed by atoms with Gasteiger partial charge in [-0.1, -0.05) is 12.8 Å². The molecular formula is C14H18N2O3S. The highest BCUT2D eigenvalue weighted by atomic mass is 32.1. The van der Waals surface area contributed by atoms with Crippen molar-refractivity contribution in [2.75, 3.05) is 6.54 Å². The second-order valence-corrected chi connectivity index (χ2v) is 6.74. The van der Waals surface area contributed by atoms with E-state index < -0.39 is 5.97 Å². The number of amides is 1. The van der Waals surface area contributed by atoms with Crippen LogP contribution < -0.4 is 5.32 Å². The second-order valence-electron chi connectivity index (χ2n) is 5.80. The van der Waals surface area contributed by atoms with Crippen molar-refractivity contribution in [3.05, 3.63) is 16.1 Å². The Kier molecular flexibility index (Phi) is 3.50. The number of carboxylic acid groups (broad SMARTS) is 1. The van der Waals surface area contributed by atoms with Crippen LogP contribution in [0.4, 0.5) is 0 Å². The maximum Gasteiger partial charge on any atom is 0.355 e. The molecule has 2 saturated carbocycles. The smallest absolute Gasteiger partial charge is 0.355 e. The zero-order valence-corrected chi connectivity index (χ0v) is 12.0. The predicted molar refractivity (Wildman–Crippen MR) is 74.8 cm³/mol. The van der Waals surface area contributed by atoms with E-state index in [0.29, 0.717) is 18.4 Å². The monoisotopic (exact) mass is 294 g/mol. The molecule has 1 spiro atoms. The highest BCUT2D eigenvalue weighted by molar-refractivity contribution is 7.09. The van der Waals surface area contributed by atoms with Gasteiger partial charge < -0.3 is 10.4 Å². The van der Waals surface area contributed by atoms with Gasteiger partial charge in [0.05, 0.1) is 5.01 Å². The second kappa shape index (κ2) is 5.16. The molecule has 1 unspecified atom stereocenters. The Bertz CT molecular complexity index is 534. The molecule has 1 atom stereocenters. The van der Waals surface area contributed by atoms with Crippen LogP contribution in [0, 0.1) is 11.3 Å². The van der Waals surface area contributed by atoms with Gasteiger partial charge in [0.15, 0.2) is 5.69 Å². The van der Waals surface area contributed by atoms with Gasteiger partial charge in [0.1, 0.15) is 0 Å². The van der Waals surface area contributed by atoms with Crippen LogP contribution in [0.2, 0.25) is 0 Å². The molecule has 2 aliphatic rings. The molecule has 2 N–H and O–H groups in total. The Balaban J connectivity index is 1.43. The first-order chi connectivity index (χ1) is 9.61. The van der Waals surface area contributed by atoms with Gasteiger partial charge in [-0.3, -0.25) is 4.79 Å². The summed E-state index contributed by atoms with van der Waals surface area (Å²) in [6.45, 7) is 0.540. The first kappa shape index (κ1) is 13.5. The van der Waals surface area contributed by atoms with Gasteiger partial charge in [0, 0.05) is 24.3 Å². The summed E-state index contributed by atoms with van der Waals surface area (Å²) in [4.78, 5) is 26.8. The third-order valence-electron chi connectivity index (χ3n) is 4.51. The van der Waals surface area contributed by atoms with Crippen molar-refractivity contribution in [3.63, 3.8) is 0 Å². The van der Waals surface area contributed by atoms with Crippen molar-refractivity contribution in [1.29, 1.82) is 0 Å². The number of carbonyl (C=O) groups excluding carboxylic acids is 1. The summed E-state index contributed by atoms with van der Waals surface area (Å²) in [5, 5.41) is 14.0. The van der Waals surface area contributed by atoms with Crippen molar-refractivity contribution < 1.29 is 14.7 Å². The molecule has 1 aromatic heterocycles. The van der Waals surface area contributed by atoms with E-state index >= 15 is 0 Å². The van der Waals surface area contributed by atoms with Crippen molar-refractivity contribution >= 4 is 23.2 Å². The van der Waals surface area contributed by atoms with Gasteiger partial charge >= 0.3 is 5.97 Å². The first-order valence-corrected chi connectivity index (χ1v) is 7.94. The lowest BCUT2D eigenvalue weighted by Crippen LogP contribution is -2.28. The molecule has 0 aromatic carbocycles. The minimum Gasteiger partial charge on any atom is -0.476 e. The standard InChI is InChI=1S/C14H18N2O3S/c17-12(9-7-14(9)4-1-2-5-14)15-6-3-11-16-10(8-20-11)13(18)19/h8-9H,1-7H2,(H,15,17)(H,18,19). The fourth-order valence-corrected chi connectivity index (χ4v) is 4.06. The van der Waals surface area contributed by atoms with Crippen LogP contribution in [-0.4, -0.2) is 28.5 Å². The molecule has 20 heavy (non-hydrogen) atoms. The molecule has 0 radical (unpaired) electrons. The summed E-state index contributed by atoms with van der Waals surface area (Å²) in [5.41, 5.74) is 0.422. The van der Waals surface area contributed by atoms with E-state index in [-0.39, 0.29) is 17.5 Å². The van der Waals surface area contributed by atoms with E-state index in [4.69, 9.17) is 5.11 Å². The SMILES string of the molecule is O=C(O)c1csc(CCNC(=O)C2CC23CCCC3)n1. The average molecular weight is 294 g/mol. The third-order valence-corrected chi connectivity index (χ3v) is 5.42. The molecule has 1 heterocycles. The van der Waals surface area contributed by atoms with Crippen molar-refractivity contribution in [2.45, 2.75) is 38.5 Å². The van der Waals surface area contributed by atoms with Crippen LogP contribution in [0.1, 0.15) is 47.6 Å². The van der Waals surface area contributed by atoms with Crippen LogP contribution in [0.25, 0.3) is 0 Å². The van der Waals surface area contributed by atoms with Crippen molar-refractivity contribution in [2.24, 2.45) is 11.3 Å². The van der Waals surface area contributed by atoms with Gasteiger partial charge in [-0.15, -0.1) is 11.3 Å².